The minimum absolute atomic E-state index is 0.0702. The molecular formula is C22H21N3O3. The van der Waals surface area contributed by atoms with E-state index in [0.29, 0.717) is 45.8 Å². The number of ether oxygens (including phenoxy) is 1. The van der Waals surface area contributed by atoms with Crippen LogP contribution in [0.5, 0.6) is 5.75 Å². The molecule has 1 N–H and O–H groups in total. The van der Waals surface area contributed by atoms with Gasteiger partial charge in [0.15, 0.2) is 5.78 Å². The van der Waals surface area contributed by atoms with E-state index in [1.165, 1.54) is 0 Å². The first-order chi connectivity index (χ1) is 13.5. The predicted molar refractivity (Wildman–Crippen MR) is 108 cm³/mol. The molecule has 0 radical (unpaired) electrons. The van der Waals surface area contributed by atoms with Crippen molar-refractivity contribution in [3.05, 3.63) is 59.2 Å². The molecule has 1 aliphatic carbocycles. The number of likely N-dealkylation sites (N-methyl/N-ethyl adjacent to an activating group) is 1. The molecule has 1 aromatic heterocycles. The van der Waals surface area contributed by atoms with E-state index in [-0.39, 0.29) is 11.7 Å². The van der Waals surface area contributed by atoms with E-state index < -0.39 is 0 Å². The summed E-state index contributed by atoms with van der Waals surface area (Å²) in [6.45, 7) is 1.29. The lowest BCUT2D eigenvalue weighted by Crippen LogP contribution is -2.31. The average Bonchev–Trinajstić information content (AvgIpc) is 2.97. The van der Waals surface area contributed by atoms with Crippen molar-refractivity contribution in [2.24, 2.45) is 0 Å². The Morgan fingerprint density at radius 3 is 2.68 bits per heavy atom. The first-order valence-electron chi connectivity index (χ1n) is 9.10. The van der Waals surface area contributed by atoms with Crippen LogP contribution in [-0.2, 0) is 0 Å². The fourth-order valence-corrected chi connectivity index (χ4v) is 3.51. The van der Waals surface area contributed by atoms with Crippen molar-refractivity contribution < 1.29 is 14.3 Å². The first-order valence-corrected chi connectivity index (χ1v) is 9.10. The van der Waals surface area contributed by atoms with Crippen LogP contribution in [0.2, 0.25) is 0 Å². The van der Waals surface area contributed by atoms with Crippen LogP contribution in [0.3, 0.4) is 0 Å². The zero-order chi connectivity index (χ0) is 19.8. The van der Waals surface area contributed by atoms with E-state index in [2.05, 4.69) is 5.32 Å². The Bertz CT molecular complexity index is 1110. The van der Waals surface area contributed by atoms with Crippen LogP contribution in [0.4, 0.5) is 0 Å². The maximum Gasteiger partial charge on any atom is 0.253 e. The fraction of sp³-hybridized carbons (Fsp3) is 0.227. The van der Waals surface area contributed by atoms with Crippen LogP contribution in [-0.4, -0.2) is 55.9 Å². The van der Waals surface area contributed by atoms with E-state index >= 15 is 0 Å². The number of carbonyl (C=O) groups excluding carboxylic acids is 2. The fourth-order valence-electron chi connectivity index (χ4n) is 3.51. The Kier molecular flexibility index (Phi) is 4.57. The number of pyridine rings is 1. The highest BCUT2D eigenvalue weighted by atomic mass is 16.5. The summed E-state index contributed by atoms with van der Waals surface area (Å²) in [7, 11) is 5.48. The van der Waals surface area contributed by atoms with Crippen molar-refractivity contribution in [2.75, 3.05) is 34.3 Å². The highest BCUT2D eigenvalue weighted by Crippen LogP contribution is 2.42. The van der Waals surface area contributed by atoms with E-state index in [9.17, 15) is 9.59 Å². The van der Waals surface area contributed by atoms with Gasteiger partial charge in [-0.3, -0.25) is 9.59 Å². The number of para-hydroxylation sites is 1. The highest BCUT2D eigenvalue weighted by Gasteiger charge is 2.31. The first kappa shape index (κ1) is 18.1. The Morgan fingerprint density at radius 2 is 1.93 bits per heavy atom. The normalized spacial score (nSPS) is 12.2. The summed E-state index contributed by atoms with van der Waals surface area (Å²) in [5.41, 5.74) is 3.45. The SMILES string of the molecule is COc1cccc2c1-c1nc3c(C(=O)NCCN(C)C)cccc3cc1C2=O. The molecule has 0 saturated heterocycles. The number of aromatic nitrogens is 1. The number of carbonyl (C=O) groups is 2. The van der Waals surface area contributed by atoms with Crippen molar-refractivity contribution >= 4 is 22.6 Å². The van der Waals surface area contributed by atoms with Crippen LogP contribution in [0.25, 0.3) is 22.2 Å². The molecule has 0 unspecified atom stereocenters. The lowest BCUT2D eigenvalue weighted by Gasteiger charge is -2.12. The van der Waals surface area contributed by atoms with Gasteiger partial charge in [-0.2, -0.15) is 0 Å². The van der Waals surface area contributed by atoms with Crippen molar-refractivity contribution in [3.8, 4) is 17.0 Å². The number of nitrogens with zero attached hydrogens (tertiary/aromatic N) is 2. The number of ketones is 1. The van der Waals surface area contributed by atoms with Crippen LogP contribution in [0, 0.1) is 0 Å². The number of rotatable bonds is 5. The van der Waals surface area contributed by atoms with Crippen molar-refractivity contribution in [3.63, 3.8) is 0 Å². The van der Waals surface area contributed by atoms with Crippen molar-refractivity contribution in [1.29, 1.82) is 0 Å². The number of benzene rings is 2. The molecule has 1 aliphatic rings. The standard InChI is InChI=1S/C22H21N3O3/c1-25(2)11-10-23-22(27)15-8-4-6-13-12-16-20(24-19(13)15)18-14(21(16)26)7-5-9-17(18)28-3/h4-9,12H,10-11H2,1-3H3,(H,23,27). The molecule has 28 heavy (non-hydrogen) atoms. The number of hydrogen-bond acceptors (Lipinski definition) is 5. The van der Waals surface area contributed by atoms with Crippen molar-refractivity contribution in [2.45, 2.75) is 0 Å². The number of methoxy groups -OCH3 is 1. The molecule has 0 saturated carbocycles. The van der Waals surface area contributed by atoms with Gasteiger partial charge < -0.3 is 15.0 Å². The largest absolute Gasteiger partial charge is 0.496 e. The second-order valence-corrected chi connectivity index (χ2v) is 7.03. The number of hydrogen-bond donors (Lipinski definition) is 1. The van der Waals surface area contributed by atoms with Gasteiger partial charge in [0.25, 0.3) is 5.91 Å². The number of nitrogens with one attached hydrogen (secondary N) is 1. The molecule has 6 heteroatoms. The predicted octanol–water partition coefficient (Wildman–Crippen LogP) is 2.75. The number of amides is 1. The monoisotopic (exact) mass is 375 g/mol. The zero-order valence-corrected chi connectivity index (χ0v) is 16.1. The molecule has 142 valence electrons. The average molecular weight is 375 g/mol. The maximum absolute atomic E-state index is 12.8. The van der Waals surface area contributed by atoms with Gasteiger partial charge in [0.05, 0.1) is 29.4 Å². The third-order valence-corrected chi connectivity index (χ3v) is 4.91. The quantitative estimate of drug-likeness (QED) is 0.581. The summed E-state index contributed by atoms with van der Waals surface area (Å²) in [5, 5.41) is 3.69. The molecule has 0 atom stereocenters. The van der Waals surface area contributed by atoms with Gasteiger partial charge >= 0.3 is 0 Å². The van der Waals surface area contributed by atoms with E-state index in [4.69, 9.17) is 9.72 Å². The molecule has 0 fully saturated rings. The zero-order valence-electron chi connectivity index (χ0n) is 16.1. The molecule has 0 aliphatic heterocycles. The van der Waals surface area contributed by atoms with E-state index in [0.717, 1.165) is 11.9 Å². The molecule has 1 heterocycles. The van der Waals surface area contributed by atoms with Gasteiger partial charge in [0.2, 0.25) is 0 Å². The van der Waals surface area contributed by atoms with Gasteiger partial charge in [-0.05, 0) is 32.3 Å². The maximum atomic E-state index is 12.8. The summed E-state index contributed by atoms with van der Waals surface area (Å²) in [5.74, 6) is 0.355. The molecule has 2 aromatic carbocycles. The van der Waals surface area contributed by atoms with Gasteiger partial charge in [-0.1, -0.05) is 24.3 Å². The molecular weight excluding hydrogens is 354 g/mol. The van der Waals surface area contributed by atoms with Crippen LogP contribution < -0.4 is 10.1 Å². The minimum Gasteiger partial charge on any atom is -0.496 e. The summed E-state index contributed by atoms with van der Waals surface area (Å²) in [6, 6.07) is 12.6. The highest BCUT2D eigenvalue weighted by molar-refractivity contribution is 6.23. The summed E-state index contributed by atoms with van der Waals surface area (Å²) in [6.07, 6.45) is 0. The second kappa shape index (κ2) is 7.05. The minimum atomic E-state index is -0.176. The third kappa shape index (κ3) is 2.92. The van der Waals surface area contributed by atoms with E-state index in [1.807, 2.05) is 43.3 Å². The lowest BCUT2D eigenvalue weighted by molar-refractivity contribution is 0.0952. The third-order valence-electron chi connectivity index (χ3n) is 4.91. The summed E-state index contributed by atoms with van der Waals surface area (Å²) >= 11 is 0. The molecule has 4 rings (SSSR count). The Hall–Kier alpha value is -3.25. The van der Waals surface area contributed by atoms with Crippen LogP contribution >= 0.6 is 0 Å². The topological polar surface area (TPSA) is 71.5 Å². The lowest BCUT2D eigenvalue weighted by atomic mass is 10.0. The summed E-state index contributed by atoms with van der Waals surface area (Å²) < 4.78 is 5.45. The second-order valence-electron chi connectivity index (χ2n) is 7.03. The van der Waals surface area contributed by atoms with Gasteiger partial charge in [-0.15, -0.1) is 0 Å². The molecule has 0 spiro atoms. The van der Waals surface area contributed by atoms with Gasteiger partial charge in [0, 0.05) is 29.6 Å². The van der Waals surface area contributed by atoms with Gasteiger partial charge in [-0.25, -0.2) is 4.98 Å². The molecule has 6 nitrogen and oxygen atoms in total. The molecule has 3 aromatic rings. The van der Waals surface area contributed by atoms with E-state index in [1.54, 1.807) is 25.3 Å². The molecule has 1 amide bonds. The molecule has 0 bridgehead atoms. The van der Waals surface area contributed by atoms with Crippen LogP contribution in [0.15, 0.2) is 42.5 Å². The summed E-state index contributed by atoms with van der Waals surface area (Å²) in [4.78, 5) is 32.3. The Balaban J connectivity index is 1.83. The van der Waals surface area contributed by atoms with Crippen LogP contribution in [0.1, 0.15) is 26.3 Å². The smallest absolute Gasteiger partial charge is 0.253 e. The van der Waals surface area contributed by atoms with Gasteiger partial charge in [0.1, 0.15) is 5.75 Å². The number of fused-ring (bicyclic) bond motifs is 4. The van der Waals surface area contributed by atoms with Crippen molar-refractivity contribution in [1.82, 2.24) is 15.2 Å². The Morgan fingerprint density at radius 1 is 1.14 bits per heavy atom. The Labute approximate surface area is 163 Å².